The summed E-state index contributed by atoms with van der Waals surface area (Å²) in [5.41, 5.74) is 5.55. The van der Waals surface area contributed by atoms with E-state index in [1.54, 1.807) is 4.52 Å². The van der Waals surface area contributed by atoms with Gasteiger partial charge in [-0.15, -0.1) is 0 Å². The number of rotatable bonds is 7. The van der Waals surface area contributed by atoms with Crippen LogP contribution in [0.3, 0.4) is 0 Å². The molecule has 0 saturated heterocycles. The van der Waals surface area contributed by atoms with E-state index >= 15 is 0 Å². The molecule has 0 aliphatic carbocycles. The van der Waals surface area contributed by atoms with Crippen molar-refractivity contribution < 1.29 is 4.79 Å². The lowest BCUT2D eigenvalue weighted by Crippen LogP contribution is -2.26. The summed E-state index contributed by atoms with van der Waals surface area (Å²) in [6, 6.07) is 8.63. The summed E-state index contributed by atoms with van der Waals surface area (Å²) in [6.07, 6.45) is 3.43. The summed E-state index contributed by atoms with van der Waals surface area (Å²) >= 11 is 0. The van der Waals surface area contributed by atoms with E-state index in [-0.39, 0.29) is 5.91 Å². The smallest absolute Gasteiger partial charge is 0.252 e. The Kier molecular flexibility index (Phi) is 5.84. The molecular weight excluding hydrogens is 338 g/mol. The van der Waals surface area contributed by atoms with Gasteiger partial charge in [0.1, 0.15) is 6.33 Å². The maximum Gasteiger partial charge on any atom is 0.252 e. The molecule has 2 heterocycles. The van der Waals surface area contributed by atoms with Crippen LogP contribution in [0.4, 0.5) is 0 Å². The molecule has 1 aromatic carbocycles. The molecule has 0 bridgehead atoms. The molecule has 2 aromatic heterocycles. The fourth-order valence-electron chi connectivity index (χ4n) is 3.26. The number of carbonyl (C=O) groups is 1. The first kappa shape index (κ1) is 19.0. The van der Waals surface area contributed by atoms with Crippen molar-refractivity contribution in [2.75, 3.05) is 6.54 Å². The zero-order valence-electron chi connectivity index (χ0n) is 16.5. The maximum atomic E-state index is 12.2. The Balaban J connectivity index is 1.50. The van der Waals surface area contributed by atoms with Crippen molar-refractivity contribution in [2.24, 2.45) is 0 Å². The summed E-state index contributed by atoms with van der Waals surface area (Å²) in [4.78, 5) is 20.8. The molecule has 27 heavy (non-hydrogen) atoms. The lowest BCUT2D eigenvalue weighted by molar-refractivity contribution is -0.121. The second kappa shape index (κ2) is 8.29. The number of fused-ring (bicyclic) bond motifs is 1. The minimum absolute atomic E-state index is 0.0614. The third-order valence-corrected chi connectivity index (χ3v) is 4.97. The Bertz CT molecular complexity index is 928. The molecule has 142 valence electrons. The number of nitrogens with one attached hydrogen (secondary N) is 1. The summed E-state index contributed by atoms with van der Waals surface area (Å²) < 4.78 is 1.72. The zero-order chi connectivity index (χ0) is 19.4. The molecule has 0 saturated carbocycles. The Morgan fingerprint density at radius 1 is 1.15 bits per heavy atom. The molecular formula is C21H27N5O. The van der Waals surface area contributed by atoms with Crippen molar-refractivity contribution in [1.29, 1.82) is 0 Å². The van der Waals surface area contributed by atoms with Crippen molar-refractivity contribution in [3.8, 4) is 0 Å². The van der Waals surface area contributed by atoms with E-state index in [2.05, 4.69) is 58.5 Å². The van der Waals surface area contributed by atoms with E-state index in [1.807, 2.05) is 13.8 Å². The van der Waals surface area contributed by atoms with Crippen molar-refractivity contribution in [3.63, 3.8) is 0 Å². The van der Waals surface area contributed by atoms with Crippen LogP contribution in [0.2, 0.25) is 0 Å². The predicted molar refractivity (Wildman–Crippen MR) is 106 cm³/mol. The van der Waals surface area contributed by atoms with E-state index in [4.69, 9.17) is 0 Å². The number of nitrogens with zero attached hydrogens (tertiary/aromatic N) is 4. The number of hydrogen-bond donors (Lipinski definition) is 1. The van der Waals surface area contributed by atoms with Gasteiger partial charge in [0.25, 0.3) is 5.78 Å². The Labute approximate surface area is 160 Å². The number of aromatic nitrogens is 4. The molecule has 0 radical (unpaired) electrons. The van der Waals surface area contributed by atoms with Crippen molar-refractivity contribution in [2.45, 2.75) is 52.9 Å². The molecule has 0 aliphatic rings. The van der Waals surface area contributed by atoms with Gasteiger partial charge >= 0.3 is 0 Å². The van der Waals surface area contributed by atoms with Gasteiger partial charge in [-0.1, -0.05) is 38.1 Å². The van der Waals surface area contributed by atoms with Crippen molar-refractivity contribution in [1.82, 2.24) is 24.9 Å². The Morgan fingerprint density at radius 2 is 1.89 bits per heavy atom. The molecule has 0 spiro atoms. The van der Waals surface area contributed by atoms with Gasteiger partial charge in [-0.2, -0.15) is 10.1 Å². The monoisotopic (exact) mass is 365 g/mol. The highest BCUT2D eigenvalue weighted by Crippen LogP contribution is 2.16. The van der Waals surface area contributed by atoms with Gasteiger partial charge < -0.3 is 5.32 Å². The molecule has 1 N–H and O–H groups in total. The second-order valence-corrected chi connectivity index (χ2v) is 7.23. The van der Waals surface area contributed by atoms with E-state index in [0.717, 1.165) is 23.4 Å². The van der Waals surface area contributed by atoms with E-state index in [9.17, 15) is 4.79 Å². The highest BCUT2D eigenvalue weighted by molar-refractivity contribution is 5.76. The van der Waals surface area contributed by atoms with Crippen LogP contribution in [0, 0.1) is 13.8 Å². The average molecular weight is 365 g/mol. The van der Waals surface area contributed by atoms with Crippen LogP contribution in [0.1, 0.15) is 54.3 Å². The number of amides is 1. The van der Waals surface area contributed by atoms with Gasteiger partial charge in [-0.3, -0.25) is 4.79 Å². The van der Waals surface area contributed by atoms with Gasteiger partial charge in [-0.05, 0) is 49.3 Å². The van der Waals surface area contributed by atoms with E-state index < -0.39 is 0 Å². The second-order valence-electron chi connectivity index (χ2n) is 7.23. The fourth-order valence-corrected chi connectivity index (χ4v) is 3.26. The quantitative estimate of drug-likeness (QED) is 0.698. The van der Waals surface area contributed by atoms with Gasteiger partial charge in [0.05, 0.1) is 0 Å². The topological polar surface area (TPSA) is 72.2 Å². The SMILES string of the molecule is Cc1nc2ncnn2c(C)c1CCC(=O)NCCc1ccc(C(C)C)cc1. The lowest BCUT2D eigenvalue weighted by Gasteiger charge is -2.11. The number of hydrogen-bond acceptors (Lipinski definition) is 4. The van der Waals surface area contributed by atoms with Crippen LogP contribution < -0.4 is 5.32 Å². The van der Waals surface area contributed by atoms with Crippen LogP contribution in [0.25, 0.3) is 5.78 Å². The number of carbonyl (C=O) groups excluding carboxylic acids is 1. The first-order valence-corrected chi connectivity index (χ1v) is 9.47. The number of benzene rings is 1. The first-order valence-electron chi connectivity index (χ1n) is 9.47. The highest BCUT2D eigenvalue weighted by atomic mass is 16.1. The van der Waals surface area contributed by atoms with Crippen LogP contribution in [-0.4, -0.2) is 32.0 Å². The largest absolute Gasteiger partial charge is 0.356 e. The van der Waals surface area contributed by atoms with Gasteiger partial charge in [0.2, 0.25) is 5.91 Å². The Morgan fingerprint density at radius 3 is 2.59 bits per heavy atom. The van der Waals surface area contributed by atoms with E-state index in [1.165, 1.54) is 17.5 Å². The molecule has 6 heteroatoms. The predicted octanol–water partition coefficient (Wildman–Crippen LogP) is 3.16. The maximum absolute atomic E-state index is 12.2. The highest BCUT2D eigenvalue weighted by Gasteiger charge is 2.12. The molecule has 0 unspecified atom stereocenters. The van der Waals surface area contributed by atoms with Crippen molar-refractivity contribution in [3.05, 3.63) is 58.7 Å². The molecule has 0 atom stereocenters. The summed E-state index contributed by atoms with van der Waals surface area (Å²) in [7, 11) is 0. The molecule has 3 aromatic rings. The minimum atomic E-state index is 0.0614. The minimum Gasteiger partial charge on any atom is -0.356 e. The van der Waals surface area contributed by atoms with Crippen LogP contribution >= 0.6 is 0 Å². The van der Waals surface area contributed by atoms with Gasteiger partial charge in [0.15, 0.2) is 0 Å². The molecule has 1 amide bonds. The third kappa shape index (κ3) is 4.51. The lowest BCUT2D eigenvalue weighted by atomic mass is 10.0. The summed E-state index contributed by atoms with van der Waals surface area (Å²) in [5.74, 6) is 1.20. The summed E-state index contributed by atoms with van der Waals surface area (Å²) in [5, 5.41) is 7.21. The zero-order valence-corrected chi connectivity index (χ0v) is 16.5. The molecule has 0 aliphatic heterocycles. The van der Waals surface area contributed by atoms with Crippen molar-refractivity contribution >= 4 is 11.7 Å². The van der Waals surface area contributed by atoms with Crippen LogP contribution in [-0.2, 0) is 17.6 Å². The number of aryl methyl sites for hydroxylation is 2. The van der Waals surface area contributed by atoms with Gasteiger partial charge in [0, 0.05) is 24.4 Å². The standard InChI is InChI=1S/C21H27N5O/c1-14(2)18-7-5-17(6-8-18)11-12-22-20(27)10-9-19-15(3)25-21-23-13-24-26(21)16(19)4/h5-8,13-14H,9-12H2,1-4H3,(H,22,27). The van der Waals surface area contributed by atoms with E-state index in [0.29, 0.717) is 31.1 Å². The average Bonchev–Trinajstić information content (AvgIpc) is 3.10. The third-order valence-electron chi connectivity index (χ3n) is 4.97. The van der Waals surface area contributed by atoms with Crippen LogP contribution in [0.5, 0.6) is 0 Å². The first-order chi connectivity index (χ1) is 13.0. The summed E-state index contributed by atoms with van der Waals surface area (Å²) in [6.45, 7) is 8.97. The molecule has 3 rings (SSSR count). The molecule has 0 fully saturated rings. The normalized spacial score (nSPS) is 11.3. The van der Waals surface area contributed by atoms with Gasteiger partial charge in [-0.25, -0.2) is 9.50 Å². The fraction of sp³-hybridized carbons (Fsp3) is 0.429. The van der Waals surface area contributed by atoms with Crippen LogP contribution in [0.15, 0.2) is 30.6 Å². The Hall–Kier alpha value is -2.76. The molecule has 6 nitrogen and oxygen atoms in total.